The number of aromatic nitrogens is 2. The molecule has 0 aliphatic heterocycles. The van der Waals surface area contributed by atoms with Gasteiger partial charge in [-0.2, -0.15) is 0 Å². The SMILES string of the molecule is O=c1[nH]c(=S)n(-c2c(F)cccc2F)c2c1sc1ccccc12. The van der Waals surface area contributed by atoms with E-state index in [0.717, 1.165) is 22.2 Å². The van der Waals surface area contributed by atoms with Gasteiger partial charge >= 0.3 is 0 Å². The van der Waals surface area contributed by atoms with Crippen LogP contribution in [0.2, 0.25) is 0 Å². The van der Waals surface area contributed by atoms with Crippen molar-refractivity contribution < 1.29 is 8.78 Å². The van der Waals surface area contributed by atoms with Crippen LogP contribution < -0.4 is 5.56 Å². The van der Waals surface area contributed by atoms with Crippen molar-refractivity contribution in [3.63, 3.8) is 0 Å². The number of nitrogens with one attached hydrogen (secondary N) is 1. The highest BCUT2D eigenvalue weighted by molar-refractivity contribution is 7.71. The number of fused-ring (bicyclic) bond motifs is 3. The van der Waals surface area contributed by atoms with Crippen LogP contribution in [0.15, 0.2) is 47.3 Å². The summed E-state index contributed by atoms with van der Waals surface area (Å²) >= 11 is 6.44. The Hall–Kier alpha value is -2.38. The predicted molar refractivity (Wildman–Crippen MR) is 90.0 cm³/mol. The second-order valence-corrected chi connectivity index (χ2v) is 6.38. The van der Waals surface area contributed by atoms with Crippen molar-refractivity contribution in [3.8, 4) is 5.69 Å². The summed E-state index contributed by atoms with van der Waals surface area (Å²) in [4.78, 5) is 14.7. The number of hydrogen-bond donors (Lipinski definition) is 1. The fourth-order valence-electron chi connectivity index (χ4n) is 2.64. The van der Waals surface area contributed by atoms with E-state index in [2.05, 4.69) is 4.98 Å². The molecule has 0 radical (unpaired) electrons. The second-order valence-electron chi connectivity index (χ2n) is 4.94. The predicted octanol–water partition coefficient (Wildman–Crippen LogP) is 4.54. The Bertz CT molecular complexity index is 1170. The smallest absolute Gasteiger partial charge is 0.269 e. The lowest BCUT2D eigenvalue weighted by Crippen LogP contribution is -2.13. The van der Waals surface area contributed by atoms with E-state index in [0.29, 0.717) is 10.2 Å². The molecule has 0 fully saturated rings. The van der Waals surface area contributed by atoms with Gasteiger partial charge in [-0.3, -0.25) is 14.3 Å². The van der Waals surface area contributed by atoms with Crippen molar-refractivity contribution >= 4 is 43.9 Å². The Morgan fingerprint density at radius 1 is 1.04 bits per heavy atom. The molecule has 114 valence electrons. The highest BCUT2D eigenvalue weighted by atomic mass is 32.1. The fourth-order valence-corrected chi connectivity index (χ4v) is 3.99. The quantitative estimate of drug-likeness (QED) is 0.514. The van der Waals surface area contributed by atoms with Crippen LogP contribution in [0.1, 0.15) is 0 Å². The molecule has 3 nitrogen and oxygen atoms in total. The molecule has 7 heteroatoms. The fraction of sp³-hybridized carbons (Fsp3) is 0. The van der Waals surface area contributed by atoms with Gasteiger partial charge in [-0.1, -0.05) is 24.3 Å². The van der Waals surface area contributed by atoms with Gasteiger partial charge in [-0.05, 0) is 30.4 Å². The number of aromatic amines is 1. The van der Waals surface area contributed by atoms with Crippen LogP contribution in [0, 0.1) is 16.4 Å². The van der Waals surface area contributed by atoms with Gasteiger partial charge in [0.05, 0.1) is 5.52 Å². The van der Waals surface area contributed by atoms with Crippen LogP contribution in [0.3, 0.4) is 0 Å². The lowest BCUT2D eigenvalue weighted by atomic mass is 10.2. The summed E-state index contributed by atoms with van der Waals surface area (Å²) < 4.78 is 30.9. The maximum Gasteiger partial charge on any atom is 0.269 e. The maximum absolute atomic E-state index is 14.3. The third kappa shape index (κ3) is 2.04. The summed E-state index contributed by atoms with van der Waals surface area (Å²) in [6, 6.07) is 10.9. The zero-order chi connectivity index (χ0) is 16.1. The third-order valence-electron chi connectivity index (χ3n) is 3.58. The number of rotatable bonds is 1. The van der Waals surface area contributed by atoms with Crippen LogP contribution in [-0.4, -0.2) is 9.55 Å². The first-order valence-electron chi connectivity index (χ1n) is 6.69. The summed E-state index contributed by atoms with van der Waals surface area (Å²) in [5, 5.41) is 0.729. The van der Waals surface area contributed by atoms with Gasteiger partial charge in [0.2, 0.25) is 0 Å². The minimum atomic E-state index is -0.746. The summed E-state index contributed by atoms with van der Waals surface area (Å²) in [6.45, 7) is 0. The molecule has 2 aromatic carbocycles. The number of nitrogens with zero attached hydrogens (tertiary/aromatic N) is 1. The molecule has 0 bridgehead atoms. The van der Waals surface area contributed by atoms with Crippen LogP contribution in [0.4, 0.5) is 8.78 Å². The minimum absolute atomic E-state index is 0.0462. The lowest BCUT2D eigenvalue weighted by Gasteiger charge is -2.11. The topological polar surface area (TPSA) is 37.8 Å². The van der Waals surface area contributed by atoms with Crippen LogP contribution >= 0.6 is 23.6 Å². The molecule has 4 aromatic rings. The van der Waals surface area contributed by atoms with Gasteiger partial charge in [0.1, 0.15) is 22.0 Å². The number of para-hydroxylation sites is 1. The van der Waals surface area contributed by atoms with Gasteiger partial charge in [-0.25, -0.2) is 8.78 Å². The monoisotopic (exact) mass is 346 g/mol. The molecule has 0 saturated carbocycles. The van der Waals surface area contributed by atoms with Crippen molar-refractivity contribution in [1.29, 1.82) is 0 Å². The molecule has 0 aliphatic carbocycles. The van der Waals surface area contributed by atoms with E-state index >= 15 is 0 Å². The van der Waals surface area contributed by atoms with E-state index < -0.39 is 11.6 Å². The Balaban J connectivity index is 2.32. The zero-order valence-corrected chi connectivity index (χ0v) is 13.1. The Morgan fingerprint density at radius 3 is 2.48 bits per heavy atom. The summed E-state index contributed by atoms with van der Waals surface area (Å²) in [7, 11) is 0. The molecule has 4 rings (SSSR count). The van der Waals surface area contributed by atoms with Crippen LogP contribution in [0.5, 0.6) is 0 Å². The van der Waals surface area contributed by atoms with E-state index in [4.69, 9.17) is 12.2 Å². The normalized spacial score (nSPS) is 11.4. The Labute approximate surface area is 137 Å². The number of benzene rings is 2. The van der Waals surface area contributed by atoms with Gasteiger partial charge in [0.25, 0.3) is 5.56 Å². The summed E-state index contributed by atoms with van der Waals surface area (Å²) in [5.41, 5.74) is -0.232. The molecule has 2 aromatic heterocycles. The molecule has 0 unspecified atom stereocenters. The summed E-state index contributed by atoms with van der Waals surface area (Å²) in [6.07, 6.45) is 0. The van der Waals surface area contributed by atoms with Crippen LogP contribution in [0.25, 0.3) is 26.0 Å². The van der Waals surface area contributed by atoms with Gasteiger partial charge < -0.3 is 0 Å². The van der Waals surface area contributed by atoms with E-state index in [9.17, 15) is 13.6 Å². The molecular weight excluding hydrogens is 338 g/mol. The standard InChI is InChI=1S/C16H8F2N2OS2/c17-9-5-3-6-10(18)13(9)20-12-8-4-1-2-7-11(8)23-14(12)15(21)19-16(20)22/h1-7H,(H,19,21,22). The Morgan fingerprint density at radius 2 is 1.74 bits per heavy atom. The van der Waals surface area contributed by atoms with Crippen molar-refractivity contribution in [2.75, 3.05) is 0 Å². The molecule has 2 heterocycles. The van der Waals surface area contributed by atoms with Gasteiger partial charge in [-0.15, -0.1) is 11.3 Å². The van der Waals surface area contributed by atoms with E-state index in [1.165, 1.54) is 22.0 Å². The lowest BCUT2D eigenvalue weighted by molar-refractivity contribution is 0.569. The first kappa shape index (κ1) is 14.2. The molecule has 0 amide bonds. The third-order valence-corrected chi connectivity index (χ3v) is 5.03. The zero-order valence-electron chi connectivity index (χ0n) is 11.5. The van der Waals surface area contributed by atoms with Crippen molar-refractivity contribution in [2.24, 2.45) is 0 Å². The molecule has 23 heavy (non-hydrogen) atoms. The van der Waals surface area contributed by atoms with E-state index in [1.54, 1.807) is 12.1 Å². The molecule has 0 spiro atoms. The average Bonchev–Trinajstić information content (AvgIpc) is 2.90. The Kier molecular flexibility index (Phi) is 3.14. The van der Waals surface area contributed by atoms with Gasteiger partial charge in [0, 0.05) is 10.1 Å². The summed E-state index contributed by atoms with van der Waals surface area (Å²) in [5.74, 6) is -1.49. The first-order chi connectivity index (χ1) is 11.1. The second kappa shape index (κ2) is 5.07. The highest BCUT2D eigenvalue weighted by Crippen LogP contribution is 2.33. The molecular formula is C16H8F2N2OS2. The van der Waals surface area contributed by atoms with Crippen molar-refractivity contribution in [2.45, 2.75) is 0 Å². The molecule has 0 saturated heterocycles. The molecule has 0 atom stereocenters. The minimum Gasteiger partial charge on any atom is -0.298 e. The number of thiophene rings is 1. The van der Waals surface area contributed by atoms with E-state index in [-0.39, 0.29) is 16.0 Å². The molecule has 1 N–H and O–H groups in total. The van der Waals surface area contributed by atoms with Crippen LogP contribution in [-0.2, 0) is 0 Å². The first-order valence-corrected chi connectivity index (χ1v) is 7.91. The number of halogens is 2. The maximum atomic E-state index is 14.3. The number of hydrogen-bond acceptors (Lipinski definition) is 3. The molecule has 0 aliphatic rings. The van der Waals surface area contributed by atoms with Crippen molar-refractivity contribution in [1.82, 2.24) is 9.55 Å². The largest absolute Gasteiger partial charge is 0.298 e. The van der Waals surface area contributed by atoms with Gasteiger partial charge in [0.15, 0.2) is 4.77 Å². The highest BCUT2D eigenvalue weighted by Gasteiger charge is 2.18. The van der Waals surface area contributed by atoms with Crippen molar-refractivity contribution in [3.05, 3.63) is 69.2 Å². The average molecular weight is 346 g/mol. The number of H-pyrrole nitrogens is 1. The van der Waals surface area contributed by atoms with E-state index in [1.807, 2.05) is 12.1 Å².